The van der Waals surface area contributed by atoms with Gasteiger partial charge in [0, 0.05) is 0 Å². The fourth-order valence-electron chi connectivity index (χ4n) is 1.60. The fraction of sp³-hybridized carbons (Fsp3) is 0.875. The van der Waals surface area contributed by atoms with Crippen LogP contribution in [0.3, 0.4) is 0 Å². The van der Waals surface area contributed by atoms with E-state index in [1.807, 2.05) is 19.0 Å². The first-order valence-electron chi connectivity index (χ1n) is 3.78. The van der Waals surface area contributed by atoms with Gasteiger partial charge in [0.15, 0.2) is 0 Å². The summed E-state index contributed by atoms with van der Waals surface area (Å²) in [6.07, 6.45) is 6.48. The van der Waals surface area contributed by atoms with Gasteiger partial charge in [-0.25, -0.2) is 0 Å². The van der Waals surface area contributed by atoms with E-state index < -0.39 is 0 Å². The lowest BCUT2D eigenvalue weighted by Gasteiger charge is -2.28. The largest absolute Gasteiger partial charge is 0.297 e. The zero-order valence-corrected chi connectivity index (χ0v) is 6.68. The molecule has 0 aromatic rings. The maximum Gasteiger partial charge on any atom is 0.220 e. The van der Waals surface area contributed by atoms with Crippen molar-refractivity contribution in [1.29, 1.82) is 0 Å². The van der Waals surface area contributed by atoms with E-state index in [9.17, 15) is 4.79 Å². The summed E-state index contributed by atoms with van der Waals surface area (Å²) in [6, 6.07) is 0. The van der Waals surface area contributed by atoms with Crippen LogP contribution in [0.1, 0.15) is 25.7 Å². The number of nitrogens with zero attached hydrogens (tertiary/aromatic N) is 1. The van der Waals surface area contributed by atoms with Crippen molar-refractivity contribution in [3.8, 4) is 0 Å². The Kier molecular flexibility index (Phi) is 2.09. The summed E-state index contributed by atoms with van der Waals surface area (Å²) in [5.41, 5.74) is -0.236. The van der Waals surface area contributed by atoms with Crippen LogP contribution in [-0.2, 0) is 4.79 Å². The molecule has 0 aromatic carbocycles. The topological polar surface area (TPSA) is 20.3 Å². The highest BCUT2D eigenvalue weighted by Crippen LogP contribution is 2.31. The van der Waals surface area contributed by atoms with Gasteiger partial charge in [0.05, 0.1) is 5.54 Å². The van der Waals surface area contributed by atoms with Crippen LogP contribution in [-0.4, -0.2) is 30.8 Å². The van der Waals surface area contributed by atoms with Gasteiger partial charge in [-0.15, -0.1) is 0 Å². The lowest BCUT2D eigenvalue weighted by molar-refractivity contribution is 0.228. The number of hydrogen-bond acceptors (Lipinski definition) is 2. The van der Waals surface area contributed by atoms with Crippen LogP contribution >= 0.6 is 0 Å². The number of rotatable bonds is 2. The van der Waals surface area contributed by atoms with Crippen molar-refractivity contribution in [3.63, 3.8) is 0 Å². The van der Waals surface area contributed by atoms with E-state index in [-0.39, 0.29) is 5.54 Å². The second kappa shape index (κ2) is 2.70. The monoisotopic (exact) mass is 140 g/mol. The van der Waals surface area contributed by atoms with E-state index >= 15 is 0 Å². The first-order valence-corrected chi connectivity index (χ1v) is 3.78. The van der Waals surface area contributed by atoms with Gasteiger partial charge < -0.3 is 0 Å². The molecule has 0 N–H and O–H groups in total. The minimum atomic E-state index is -0.236. The third-order valence-electron chi connectivity index (χ3n) is 2.48. The first kappa shape index (κ1) is 7.73. The lowest BCUT2D eigenvalue weighted by Crippen LogP contribution is -2.42. The van der Waals surface area contributed by atoms with Gasteiger partial charge in [-0.1, -0.05) is 12.8 Å². The molecule has 1 saturated carbocycles. The molecular weight excluding hydrogens is 126 g/mol. The summed E-state index contributed by atoms with van der Waals surface area (Å²) in [5.74, 6) is 0. The molecule has 0 bridgehead atoms. The molecule has 1 aliphatic rings. The molecule has 0 amide bonds. The van der Waals surface area contributed by atoms with E-state index in [1.54, 1.807) is 0 Å². The molecule has 1 aliphatic carbocycles. The number of carbonyl (C=O) groups excluding carboxylic acids is 1. The molecular formula is C8H14NO. The van der Waals surface area contributed by atoms with E-state index in [4.69, 9.17) is 0 Å². The molecule has 0 saturated heterocycles. The molecule has 0 heterocycles. The Hall–Kier alpha value is -0.370. The first-order chi connectivity index (χ1) is 4.71. The number of hydrogen-bond donors (Lipinski definition) is 0. The Morgan fingerprint density at radius 3 is 2.00 bits per heavy atom. The van der Waals surface area contributed by atoms with Gasteiger partial charge in [-0.3, -0.25) is 9.69 Å². The predicted octanol–water partition coefficient (Wildman–Crippen LogP) is 0.970. The predicted molar refractivity (Wildman–Crippen MR) is 40.6 cm³/mol. The average molecular weight is 140 g/mol. The quantitative estimate of drug-likeness (QED) is 0.569. The van der Waals surface area contributed by atoms with E-state index in [1.165, 1.54) is 12.8 Å². The van der Waals surface area contributed by atoms with Crippen molar-refractivity contribution < 1.29 is 4.79 Å². The van der Waals surface area contributed by atoms with Gasteiger partial charge in [-0.05, 0) is 26.9 Å². The fourth-order valence-corrected chi connectivity index (χ4v) is 1.60. The van der Waals surface area contributed by atoms with Crippen LogP contribution in [0, 0.1) is 0 Å². The van der Waals surface area contributed by atoms with Gasteiger partial charge in [0.1, 0.15) is 0 Å². The van der Waals surface area contributed by atoms with E-state index in [2.05, 4.69) is 6.29 Å². The highest BCUT2D eigenvalue weighted by Gasteiger charge is 2.36. The Labute approximate surface area is 62.2 Å². The second-order valence-electron chi connectivity index (χ2n) is 3.24. The van der Waals surface area contributed by atoms with E-state index in [0.717, 1.165) is 12.8 Å². The SMILES string of the molecule is CN(C)C1([C]=O)CCCC1. The highest BCUT2D eigenvalue weighted by atomic mass is 16.1. The summed E-state index contributed by atoms with van der Waals surface area (Å²) in [6.45, 7) is 0. The van der Waals surface area contributed by atoms with Crippen LogP contribution in [0.2, 0.25) is 0 Å². The molecule has 2 nitrogen and oxygen atoms in total. The third kappa shape index (κ3) is 1.08. The van der Waals surface area contributed by atoms with Crippen molar-refractivity contribution in [1.82, 2.24) is 4.90 Å². The third-order valence-corrected chi connectivity index (χ3v) is 2.48. The Balaban J connectivity index is 2.67. The maximum atomic E-state index is 10.6. The van der Waals surface area contributed by atoms with Crippen LogP contribution < -0.4 is 0 Å². The van der Waals surface area contributed by atoms with Crippen LogP contribution in [0.4, 0.5) is 0 Å². The van der Waals surface area contributed by atoms with Crippen molar-refractivity contribution in [2.45, 2.75) is 31.2 Å². The summed E-state index contributed by atoms with van der Waals surface area (Å²) in [7, 11) is 3.91. The summed E-state index contributed by atoms with van der Waals surface area (Å²) < 4.78 is 0. The standard InChI is InChI=1S/C8H14NO/c1-9(2)8(7-10)5-3-4-6-8/h3-6H2,1-2H3. The van der Waals surface area contributed by atoms with Gasteiger partial charge in [0.2, 0.25) is 6.29 Å². The van der Waals surface area contributed by atoms with Crippen molar-refractivity contribution in [3.05, 3.63) is 0 Å². The Bertz CT molecular complexity index is 125. The smallest absolute Gasteiger partial charge is 0.220 e. The Morgan fingerprint density at radius 1 is 1.30 bits per heavy atom. The molecule has 1 radical (unpaired) electrons. The van der Waals surface area contributed by atoms with E-state index in [0.29, 0.717) is 0 Å². The molecule has 1 fully saturated rings. The van der Waals surface area contributed by atoms with Crippen LogP contribution in [0.15, 0.2) is 0 Å². The highest BCUT2D eigenvalue weighted by molar-refractivity contribution is 5.65. The molecule has 10 heavy (non-hydrogen) atoms. The summed E-state index contributed by atoms with van der Waals surface area (Å²) in [5, 5.41) is 0. The molecule has 0 aliphatic heterocycles. The minimum Gasteiger partial charge on any atom is -0.297 e. The zero-order chi connectivity index (χ0) is 7.61. The molecule has 1 rings (SSSR count). The van der Waals surface area contributed by atoms with Gasteiger partial charge >= 0.3 is 0 Å². The normalized spacial score (nSPS) is 23.5. The van der Waals surface area contributed by atoms with Gasteiger partial charge in [0.25, 0.3) is 0 Å². The van der Waals surface area contributed by atoms with Crippen LogP contribution in [0.25, 0.3) is 0 Å². The molecule has 57 valence electrons. The second-order valence-corrected chi connectivity index (χ2v) is 3.24. The number of likely N-dealkylation sites (N-methyl/N-ethyl adjacent to an activating group) is 1. The summed E-state index contributed by atoms with van der Waals surface area (Å²) >= 11 is 0. The zero-order valence-electron chi connectivity index (χ0n) is 6.68. The lowest BCUT2D eigenvalue weighted by atomic mass is 9.99. The summed E-state index contributed by atoms with van der Waals surface area (Å²) in [4.78, 5) is 12.6. The molecule has 0 aromatic heterocycles. The average Bonchev–Trinajstić information content (AvgIpc) is 2.35. The van der Waals surface area contributed by atoms with Crippen molar-refractivity contribution in [2.75, 3.05) is 14.1 Å². The molecule has 0 atom stereocenters. The molecule has 2 heteroatoms. The van der Waals surface area contributed by atoms with Gasteiger partial charge in [-0.2, -0.15) is 0 Å². The minimum absolute atomic E-state index is 0.236. The maximum absolute atomic E-state index is 10.6. The van der Waals surface area contributed by atoms with Crippen molar-refractivity contribution in [2.24, 2.45) is 0 Å². The van der Waals surface area contributed by atoms with Crippen LogP contribution in [0.5, 0.6) is 0 Å². The Morgan fingerprint density at radius 2 is 1.80 bits per heavy atom. The molecule has 0 spiro atoms. The molecule has 0 unspecified atom stereocenters. The van der Waals surface area contributed by atoms with Crippen molar-refractivity contribution >= 4 is 6.29 Å².